The minimum atomic E-state index is -4.77. The third-order valence-corrected chi connectivity index (χ3v) is 9.18. The van der Waals surface area contributed by atoms with Gasteiger partial charge in [0.1, 0.15) is 12.6 Å². The van der Waals surface area contributed by atoms with Crippen LogP contribution in [-0.4, -0.2) is 71.1 Å². The Labute approximate surface area is 365 Å². The van der Waals surface area contributed by atoms with Gasteiger partial charge in [0.05, 0.1) is 19.3 Å². The van der Waals surface area contributed by atoms with E-state index in [1.54, 1.807) is 6.92 Å². The van der Waals surface area contributed by atoms with E-state index < -0.39 is 57.7 Å². The molecule has 12 nitrogen and oxygen atoms in total. The highest BCUT2D eigenvalue weighted by molar-refractivity contribution is 7.47. The average Bonchev–Trinajstić information content (AvgIpc) is 3.22. The second-order valence-corrected chi connectivity index (χ2v) is 15.5. The number of aliphatic hydroxyl groups is 1. The van der Waals surface area contributed by atoms with Crippen molar-refractivity contribution >= 4 is 25.7 Å². The standard InChI is InChI=1S/C48H74NO11P/c1-3-4-5-6-7-8-9-10-11-12-13-14-17-20-23-26-29-32-35-38-46(51)57-40-44(41-58-61(55,56)59-42-45(49)48(53)54)60-47(52)39-36-33-30-27-24-21-18-15-16-19-22-25-28-31-34-37-43(2)50/h4-5,7-8,10-11,13-14,16,18-21,23,25,27-30,32,43-45,50H,3,6,9,12,15,17,22,24,26,31,33-42,49H2,1-2H3,(H,53,54)(H,55,56)/b5-4-,8-7-,11-10-,14-13-,19-16-,21-18-,23-20-,28-25-,30-27-,32-29-/t43-,44+,45-/m0/s1. The van der Waals surface area contributed by atoms with E-state index in [0.29, 0.717) is 19.3 Å². The number of hydrogen-bond acceptors (Lipinski definition) is 10. The smallest absolute Gasteiger partial charge is 0.472 e. The molecule has 0 saturated heterocycles. The summed E-state index contributed by atoms with van der Waals surface area (Å²) in [6.07, 6.45) is 52.7. The van der Waals surface area contributed by atoms with Crippen molar-refractivity contribution < 1.29 is 52.6 Å². The summed E-state index contributed by atoms with van der Waals surface area (Å²) in [6.45, 7) is 2.07. The number of allylic oxidation sites excluding steroid dienone is 20. The second-order valence-electron chi connectivity index (χ2n) is 14.0. The Bertz CT molecular complexity index is 1500. The van der Waals surface area contributed by atoms with Gasteiger partial charge in [0.2, 0.25) is 0 Å². The van der Waals surface area contributed by atoms with Crippen molar-refractivity contribution in [2.75, 3.05) is 19.8 Å². The van der Waals surface area contributed by atoms with Crippen LogP contribution < -0.4 is 5.73 Å². The molecule has 0 aromatic carbocycles. The van der Waals surface area contributed by atoms with Crippen LogP contribution in [0.5, 0.6) is 0 Å². The molecule has 342 valence electrons. The third-order valence-electron chi connectivity index (χ3n) is 8.23. The maximum atomic E-state index is 12.6. The fraction of sp³-hybridized carbons (Fsp3) is 0.521. The van der Waals surface area contributed by atoms with Crippen molar-refractivity contribution in [1.82, 2.24) is 0 Å². The maximum Gasteiger partial charge on any atom is 0.472 e. The lowest BCUT2D eigenvalue weighted by atomic mass is 10.1. The van der Waals surface area contributed by atoms with Crippen LogP contribution in [0.4, 0.5) is 0 Å². The van der Waals surface area contributed by atoms with E-state index in [2.05, 4.69) is 103 Å². The molecule has 0 aromatic rings. The van der Waals surface area contributed by atoms with Gasteiger partial charge in [-0.05, 0) is 103 Å². The zero-order valence-electron chi connectivity index (χ0n) is 36.6. The Morgan fingerprint density at radius 3 is 1.43 bits per heavy atom. The molecule has 1 unspecified atom stereocenters. The summed E-state index contributed by atoms with van der Waals surface area (Å²) in [5, 5.41) is 18.2. The van der Waals surface area contributed by atoms with Gasteiger partial charge in [-0.25, -0.2) is 4.57 Å². The molecule has 61 heavy (non-hydrogen) atoms. The summed E-state index contributed by atoms with van der Waals surface area (Å²) in [5.74, 6) is -2.60. The predicted octanol–water partition coefficient (Wildman–Crippen LogP) is 10.6. The van der Waals surface area contributed by atoms with Crippen LogP contribution in [0.3, 0.4) is 0 Å². The van der Waals surface area contributed by atoms with E-state index in [0.717, 1.165) is 77.0 Å². The van der Waals surface area contributed by atoms with E-state index in [1.807, 2.05) is 30.4 Å². The first-order valence-electron chi connectivity index (χ1n) is 21.6. The number of carbonyl (C=O) groups is 3. The predicted molar refractivity (Wildman–Crippen MR) is 245 cm³/mol. The van der Waals surface area contributed by atoms with Gasteiger partial charge in [0.25, 0.3) is 0 Å². The number of esters is 2. The summed E-state index contributed by atoms with van der Waals surface area (Å²) in [4.78, 5) is 45.9. The first-order chi connectivity index (χ1) is 29.5. The quantitative estimate of drug-likeness (QED) is 0.0199. The molecule has 0 saturated carbocycles. The molecule has 0 spiro atoms. The van der Waals surface area contributed by atoms with Gasteiger partial charge in [-0.3, -0.25) is 23.4 Å². The average molecular weight is 872 g/mol. The zero-order chi connectivity index (χ0) is 45.1. The first kappa shape index (κ1) is 56.8. The van der Waals surface area contributed by atoms with Crippen LogP contribution in [0.25, 0.3) is 0 Å². The van der Waals surface area contributed by atoms with Crippen LogP contribution >= 0.6 is 7.82 Å². The summed E-state index contributed by atoms with van der Waals surface area (Å²) >= 11 is 0. The number of carbonyl (C=O) groups excluding carboxylic acids is 2. The van der Waals surface area contributed by atoms with Crippen molar-refractivity contribution in [3.05, 3.63) is 122 Å². The van der Waals surface area contributed by atoms with Crippen molar-refractivity contribution in [3.8, 4) is 0 Å². The summed E-state index contributed by atoms with van der Waals surface area (Å²) in [5.41, 5.74) is 5.32. The number of ether oxygens (including phenoxy) is 2. The summed E-state index contributed by atoms with van der Waals surface area (Å²) in [6, 6.07) is -1.55. The van der Waals surface area contributed by atoms with Crippen LogP contribution in [-0.2, 0) is 37.5 Å². The van der Waals surface area contributed by atoms with Crippen LogP contribution in [0.2, 0.25) is 0 Å². The molecule has 0 aliphatic carbocycles. The number of phosphoric acid groups is 1. The van der Waals surface area contributed by atoms with Gasteiger partial charge in [0, 0.05) is 12.8 Å². The summed E-state index contributed by atoms with van der Waals surface area (Å²) < 4.78 is 32.5. The van der Waals surface area contributed by atoms with Crippen molar-refractivity contribution in [2.45, 2.75) is 141 Å². The van der Waals surface area contributed by atoms with Crippen LogP contribution in [0.15, 0.2) is 122 Å². The lowest BCUT2D eigenvalue weighted by Gasteiger charge is -2.20. The van der Waals surface area contributed by atoms with Gasteiger partial charge < -0.3 is 30.3 Å². The number of unbranched alkanes of at least 4 members (excludes halogenated alkanes) is 2. The Balaban J connectivity index is 4.61. The monoisotopic (exact) mass is 871 g/mol. The van der Waals surface area contributed by atoms with Crippen molar-refractivity contribution in [1.29, 1.82) is 0 Å². The number of nitrogens with two attached hydrogens (primary N) is 1. The molecule has 0 rings (SSSR count). The zero-order valence-corrected chi connectivity index (χ0v) is 37.4. The fourth-order valence-corrected chi connectivity index (χ4v) is 5.64. The largest absolute Gasteiger partial charge is 0.480 e. The Hall–Kier alpha value is -4.16. The molecule has 0 amide bonds. The lowest BCUT2D eigenvalue weighted by Crippen LogP contribution is -2.34. The number of aliphatic hydroxyl groups excluding tert-OH is 1. The molecule has 5 N–H and O–H groups in total. The third kappa shape index (κ3) is 42.3. The van der Waals surface area contributed by atoms with E-state index >= 15 is 0 Å². The van der Waals surface area contributed by atoms with Gasteiger partial charge in [0.15, 0.2) is 6.10 Å². The molecule has 0 bridgehead atoms. The number of rotatable bonds is 38. The lowest BCUT2D eigenvalue weighted by molar-refractivity contribution is -0.161. The molecule has 13 heteroatoms. The molecule has 0 aliphatic heterocycles. The first-order valence-corrected chi connectivity index (χ1v) is 23.1. The second kappa shape index (κ2) is 41.2. The Kier molecular flexibility index (Phi) is 38.4. The molecular weight excluding hydrogens is 797 g/mol. The number of carboxylic acids is 1. The normalized spacial score (nSPS) is 15.4. The Morgan fingerprint density at radius 1 is 0.574 bits per heavy atom. The van der Waals surface area contributed by atoms with Crippen molar-refractivity contribution in [3.63, 3.8) is 0 Å². The number of hydrogen-bond donors (Lipinski definition) is 4. The van der Waals surface area contributed by atoms with Crippen LogP contribution in [0, 0.1) is 0 Å². The highest BCUT2D eigenvalue weighted by Gasteiger charge is 2.28. The number of phosphoric ester groups is 1. The van der Waals surface area contributed by atoms with E-state index in [9.17, 15) is 28.9 Å². The molecule has 0 heterocycles. The highest BCUT2D eigenvalue weighted by atomic mass is 31.2. The molecule has 0 fully saturated rings. The molecule has 0 aromatic heterocycles. The van der Waals surface area contributed by atoms with E-state index in [-0.39, 0.29) is 18.9 Å². The minimum Gasteiger partial charge on any atom is -0.480 e. The molecule has 0 aliphatic rings. The molecule has 0 radical (unpaired) electrons. The van der Waals surface area contributed by atoms with E-state index in [1.165, 1.54) is 0 Å². The fourth-order valence-electron chi connectivity index (χ4n) is 4.86. The SMILES string of the molecule is CC/C=C\C/C=C\C/C=C\C/C=C\C/C=C\C/C=C\CCC(=O)OC[C@H](COP(=O)(O)OC[C@H](N)C(=O)O)OC(=O)CCC/C=C\C/C=C\C/C=C\C/C=C\CCC[C@H](C)O. The van der Waals surface area contributed by atoms with E-state index in [4.69, 9.17) is 24.8 Å². The maximum absolute atomic E-state index is 12.6. The number of aliphatic carboxylic acids is 1. The minimum absolute atomic E-state index is 0.0495. The van der Waals surface area contributed by atoms with Gasteiger partial charge >= 0.3 is 25.7 Å². The molecular formula is C48H74NO11P. The van der Waals surface area contributed by atoms with Gasteiger partial charge in [-0.15, -0.1) is 0 Å². The summed E-state index contributed by atoms with van der Waals surface area (Å²) in [7, 11) is -4.77. The topological polar surface area (TPSA) is 192 Å². The van der Waals surface area contributed by atoms with Gasteiger partial charge in [-0.1, -0.05) is 128 Å². The van der Waals surface area contributed by atoms with Crippen LogP contribution in [0.1, 0.15) is 123 Å². The molecule has 4 atom stereocenters. The number of carboxylic acid groups (broad SMARTS) is 1. The highest BCUT2D eigenvalue weighted by Crippen LogP contribution is 2.43. The Morgan fingerprint density at radius 2 is 0.984 bits per heavy atom. The van der Waals surface area contributed by atoms with Gasteiger partial charge in [-0.2, -0.15) is 0 Å². The van der Waals surface area contributed by atoms with Crippen molar-refractivity contribution in [2.24, 2.45) is 5.73 Å².